The Labute approximate surface area is 175 Å². The second kappa shape index (κ2) is 10.2. The molecule has 1 atom stereocenters. The smallest absolute Gasteiger partial charge is 0.238 e. The maximum atomic E-state index is 12.8. The number of carbonyl (C=O) groups excluding carboxylic acids is 2. The van der Waals surface area contributed by atoms with Crippen molar-refractivity contribution in [1.82, 2.24) is 9.80 Å². The number of amides is 2. The van der Waals surface area contributed by atoms with E-state index in [-0.39, 0.29) is 11.8 Å². The van der Waals surface area contributed by atoms with Gasteiger partial charge in [0.15, 0.2) is 0 Å². The molecule has 0 bridgehead atoms. The number of nitrogens with one attached hydrogen (secondary N) is 1. The number of hydrogen-bond acceptors (Lipinski definition) is 3. The number of rotatable bonds is 6. The lowest BCUT2D eigenvalue weighted by atomic mass is 9.92. The van der Waals surface area contributed by atoms with Crippen molar-refractivity contribution in [2.75, 3.05) is 38.0 Å². The summed E-state index contributed by atoms with van der Waals surface area (Å²) in [5, 5.41) is 3.01. The van der Waals surface area contributed by atoms with E-state index in [2.05, 4.69) is 48.0 Å². The first kappa shape index (κ1) is 21.8. The van der Waals surface area contributed by atoms with Crippen molar-refractivity contribution in [2.24, 2.45) is 11.8 Å². The highest BCUT2D eigenvalue weighted by atomic mass is 16.2. The molecule has 2 amide bonds. The lowest BCUT2D eigenvalue weighted by molar-refractivity contribution is -0.138. The van der Waals surface area contributed by atoms with Crippen LogP contribution < -0.4 is 5.32 Å². The number of piperidine rings is 2. The molecule has 1 unspecified atom stereocenters. The molecule has 29 heavy (non-hydrogen) atoms. The van der Waals surface area contributed by atoms with Crippen LogP contribution >= 0.6 is 0 Å². The van der Waals surface area contributed by atoms with Crippen LogP contribution in [-0.2, 0) is 9.59 Å². The van der Waals surface area contributed by atoms with Crippen LogP contribution in [0, 0.1) is 11.8 Å². The van der Waals surface area contributed by atoms with Gasteiger partial charge in [0.25, 0.3) is 0 Å². The van der Waals surface area contributed by atoms with Crippen molar-refractivity contribution >= 4 is 17.5 Å². The zero-order valence-corrected chi connectivity index (χ0v) is 18.3. The Morgan fingerprint density at radius 2 is 1.66 bits per heavy atom. The summed E-state index contributed by atoms with van der Waals surface area (Å²) in [6.45, 7) is 10.5. The summed E-state index contributed by atoms with van der Waals surface area (Å²) in [4.78, 5) is 29.4. The second-order valence-corrected chi connectivity index (χ2v) is 9.04. The number of anilines is 1. The monoisotopic (exact) mass is 399 g/mol. The largest absolute Gasteiger partial charge is 0.342 e. The third kappa shape index (κ3) is 6.05. The zero-order chi connectivity index (χ0) is 20.8. The van der Waals surface area contributed by atoms with Crippen LogP contribution in [0.15, 0.2) is 24.3 Å². The standard InChI is InChI=1S/C24H37N3O2/c1-4-19(3)20-5-7-22(8-6-20)25-23(28)17-26-13-11-21(12-14-26)24(29)27-15-9-18(2)10-16-27/h5-8,18-19,21H,4,9-17H2,1-3H3,(H,25,28). The third-order valence-corrected chi connectivity index (χ3v) is 6.78. The number of benzene rings is 1. The van der Waals surface area contributed by atoms with E-state index in [1.54, 1.807) is 0 Å². The molecule has 1 aromatic rings. The summed E-state index contributed by atoms with van der Waals surface area (Å²) in [5.74, 6) is 1.78. The van der Waals surface area contributed by atoms with Crippen LogP contribution in [0.2, 0.25) is 0 Å². The molecule has 5 nitrogen and oxygen atoms in total. The average Bonchev–Trinajstić information content (AvgIpc) is 2.74. The highest BCUT2D eigenvalue weighted by Gasteiger charge is 2.30. The fourth-order valence-corrected chi connectivity index (χ4v) is 4.36. The molecule has 0 spiro atoms. The summed E-state index contributed by atoms with van der Waals surface area (Å²) >= 11 is 0. The number of carbonyl (C=O) groups is 2. The topological polar surface area (TPSA) is 52.7 Å². The molecule has 0 aromatic heterocycles. The fourth-order valence-electron chi connectivity index (χ4n) is 4.36. The molecule has 2 aliphatic heterocycles. The molecule has 1 N–H and O–H groups in total. The summed E-state index contributed by atoms with van der Waals surface area (Å²) < 4.78 is 0. The van der Waals surface area contributed by atoms with Gasteiger partial charge in [0.1, 0.15) is 0 Å². The summed E-state index contributed by atoms with van der Waals surface area (Å²) in [6, 6.07) is 8.18. The Bertz CT molecular complexity index is 672. The molecular formula is C24H37N3O2. The Kier molecular flexibility index (Phi) is 7.70. The fraction of sp³-hybridized carbons (Fsp3) is 0.667. The molecule has 2 aliphatic rings. The summed E-state index contributed by atoms with van der Waals surface area (Å²) in [6.07, 6.45) is 5.09. The van der Waals surface area contributed by atoms with Gasteiger partial charge in [-0.05, 0) is 74.7 Å². The van der Waals surface area contributed by atoms with Crippen molar-refractivity contribution in [1.29, 1.82) is 0 Å². The van der Waals surface area contributed by atoms with Crippen LogP contribution in [0.1, 0.15) is 64.4 Å². The van der Waals surface area contributed by atoms with Crippen LogP contribution in [0.3, 0.4) is 0 Å². The first-order valence-electron chi connectivity index (χ1n) is 11.4. The Hall–Kier alpha value is -1.88. The van der Waals surface area contributed by atoms with Crippen molar-refractivity contribution in [3.05, 3.63) is 29.8 Å². The molecule has 0 radical (unpaired) electrons. The van der Waals surface area contributed by atoms with Crippen LogP contribution in [0.25, 0.3) is 0 Å². The number of nitrogens with zero attached hydrogens (tertiary/aromatic N) is 2. The van der Waals surface area contributed by atoms with Gasteiger partial charge in [0.05, 0.1) is 6.54 Å². The van der Waals surface area contributed by atoms with E-state index in [0.29, 0.717) is 18.4 Å². The molecule has 160 valence electrons. The lowest BCUT2D eigenvalue weighted by Gasteiger charge is -2.36. The van der Waals surface area contributed by atoms with Gasteiger partial charge in [-0.25, -0.2) is 0 Å². The predicted molar refractivity (Wildman–Crippen MR) is 118 cm³/mol. The van der Waals surface area contributed by atoms with Gasteiger partial charge in [0.2, 0.25) is 11.8 Å². The van der Waals surface area contributed by atoms with Crippen molar-refractivity contribution < 1.29 is 9.59 Å². The predicted octanol–water partition coefficient (Wildman–Crippen LogP) is 4.11. The molecule has 5 heteroatoms. The molecule has 2 saturated heterocycles. The van der Waals surface area contributed by atoms with Gasteiger partial charge in [0, 0.05) is 24.7 Å². The van der Waals surface area contributed by atoms with Crippen molar-refractivity contribution in [3.8, 4) is 0 Å². The molecule has 0 saturated carbocycles. The van der Waals surface area contributed by atoms with Crippen LogP contribution in [0.5, 0.6) is 0 Å². The summed E-state index contributed by atoms with van der Waals surface area (Å²) in [5.41, 5.74) is 2.16. The molecule has 3 rings (SSSR count). The van der Waals surface area contributed by atoms with Gasteiger partial charge in [-0.1, -0.05) is 32.9 Å². The molecule has 1 aromatic carbocycles. The highest BCUT2D eigenvalue weighted by molar-refractivity contribution is 5.92. The van der Waals surface area contributed by atoms with Gasteiger partial charge in [-0.15, -0.1) is 0 Å². The average molecular weight is 400 g/mol. The Morgan fingerprint density at radius 1 is 1.03 bits per heavy atom. The molecule has 2 fully saturated rings. The van der Waals surface area contributed by atoms with E-state index in [9.17, 15) is 9.59 Å². The van der Waals surface area contributed by atoms with E-state index in [4.69, 9.17) is 0 Å². The minimum Gasteiger partial charge on any atom is -0.342 e. The minimum absolute atomic E-state index is 0.0242. The van der Waals surface area contributed by atoms with E-state index < -0.39 is 0 Å². The second-order valence-electron chi connectivity index (χ2n) is 9.04. The van der Waals surface area contributed by atoms with Gasteiger partial charge >= 0.3 is 0 Å². The maximum absolute atomic E-state index is 12.8. The van der Waals surface area contributed by atoms with Gasteiger partial charge in [-0.2, -0.15) is 0 Å². The van der Waals surface area contributed by atoms with Crippen molar-refractivity contribution in [2.45, 2.75) is 58.8 Å². The van der Waals surface area contributed by atoms with Crippen LogP contribution in [0.4, 0.5) is 5.69 Å². The van der Waals surface area contributed by atoms with E-state index in [1.807, 2.05) is 12.1 Å². The van der Waals surface area contributed by atoms with E-state index >= 15 is 0 Å². The Morgan fingerprint density at radius 3 is 2.24 bits per heavy atom. The molecule has 2 heterocycles. The highest BCUT2D eigenvalue weighted by Crippen LogP contribution is 2.24. The van der Waals surface area contributed by atoms with E-state index in [1.165, 1.54) is 5.56 Å². The summed E-state index contributed by atoms with van der Waals surface area (Å²) in [7, 11) is 0. The van der Waals surface area contributed by atoms with E-state index in [0.717, 1.165) is 69.9 Å². The SMILES string of the molecule is CCC(C)c1ccc(NC(=O)CN2CCC(C(=O)N3CCC(C)CC3)CC2)cc1. The van der Waals surface area contributed by atoms with Gasteiger partial charge < -0.3 is 10.2 Å². The first-order chi connectivity index (χ1) is 14.0. The van der Waals surface area contributed by atoms with Crippen LogP contribution in [-0.4, -0.2) is 54.3 Å². The zero-order valence-electron chi connectivity index (χ0n) is 18.3. The minimum atomic E-state index is 0.0242. The molecular weight excluding hydrogens is 362 g/mol. The third-order valence-electron chi connectivity index (χ3n) is 6.78. The normalized spacial score (nSPS) is 20.4. The lowest BCUT2D eigenvalue weighted by Crippen LogP contribution is -2.46. The van der Waals surface area contributed by atoms with Gasteiger partial charge in [-0.3, -0.25) is 14.5 Å². The Balaban J connectivity index is 1.41. The maximum Gasteiger partial charge on any atom is 0.238 e. The molecule has 0 aliphatic carbocycles. The number of hydrogen-bond donors (Lipinski definition) is 1. The number of likely N-dealkylation sites (tertiary alicyclic amines) is 2. The van der Waals surface area contributed by atoms with Crippen molar-refractivity contribution in [3.63, 3.8) is 0 Å². The quantitative estimate of drug-likeness (QED) is 0.783. The first-order valence-corrected chi connectivity index (χ1v) is 11.4.